The van der Waals surface area contributed by atoms with Gasteiger partial charge in [0.25, 0.3) is 0 Å². The second kappa shape index (κ2) is 14.9. The first kappa shape index (κ1) is 17.8. The Morgan fingerprint density at radius 1 is 0.944 bits per heavy atom. The van der Waals surface area contributed by atoms with Gasteiger partial charge in [0.2, 0.25) is 0 Å². The summed E-state index contributed by atoms with van der Waals surface area (Å²) in [6, 6.07) is 0. The number of alkyl halides is 1. The van der Waals surface area contributed by atoms with Crippen molar-refractivity contribution in [2.24, 2.45) is 0 Å². The summed E-state index contributed by atoms with van der Waals surface area (Å²) in [7, 11) is 1.63. The number of unbranched alkanes of at least 4 members (excludes halogenated alkanes) is 1. The average Bonchev–Trinajstić information content (AvgIpc) is 2.37. The fraction of sp³-hybridized carbons (Fsp3) is 0.917. The van der Waals surface area contributed by atoms with E-state index in [-0.39, 0.29) is 5.97 Å². The van der Waals surface area contributed by atoms with E-state index in [1.165, 1.54) is 0 Å². The molecule has 0 radical (unpaired) electrons. The number of carbonyl (C=O) groups excluding carboxylic acids is 1. The summed E-state index contributed by atoms with van der Waals surface area (Å²) in [5, 5.41) is 0.923. The van der Waals surface area contributed by atoms with E-state index in [0.29, 0.717) is 46.1 Å². The van der Waals surface area contributed by atoms with Crippen LogP contribution in [0.25, 0.3) is 0 Å². The molecule has 0 saturated heterocycles. The maximum absolute atomic E-state index is 11.2. The Bertz CT molecular complexity index is 189. The number of methoxy groups -OCH3 is 1. The quantitative estimate of drug-likeness (QED) is 0.293. The molecule has 5 nitrogen and oxygen atoms in total. The average molecular weight is 327 g/mol. The van der Waals surface area contributed by atoms with E-state index in [1.807, 2.05) is 0 Å². The highest BCUT2D eigenvalue weighted by molar-refractivity contribution is 9.09. The molecule has 0 bridgehead atoms. The minimum Gasteiger partial charge on any atom is -0.463 e. The second-order valence-corrected chi connectivity index (χ2v) is 4.38. The lowest BCUT2D eigenvalue weighted by atomic mass is 10.2. The largest absolute Gasteiger partial charge is 0.463 e. The van der Waals surface area contributed by atoms with E-state index >= 15 is 0 Å². The fourth-order valence-corrected chi connectivity index (χ4v) is 1.51. The number of ether oxygens (including phenoxy) is 4. The van der Waals surface area contributed by atoms with Gasteiger partial charge in [0.05, 0.1) is 33.0 Å². The number of hydrogen-bond acceptors (Lipinski definition) is 5. The Morgan fingerprint density at radius 2 is 1.56 bits per heavy atom. The van der Waals surface area contributed by atoms with E-state index in [9.17, 15) is 4.79 Å². The summed E-state index contributed by atoms with van der Waals surface area (Å²) in [5.41, 5.74) is 0. The van der Waals surface area contributed by atoms with Gasteiger partial charge in [-0.2, -0.15) is 0 Å². The van der Waals surface area contributed by atoms with E-state index in [2.05, 4.69) is 15.9 Å². The molecule has 0 aromatic rings. The first-order valence-electron chi connectivity index (χ1n) is 6.17. The molecule has 0 aromatic heterocycles. The van der Waals surface area contributed by atoms with Gasteiger partial charge in [0.15, 0.2) is 0 Å². The van der Waals surface area contributed by atoms with Crippen LogP contribution >= 0.6 is 15.9 Å². The third-order valence-corrected chi connectivity index (χ3v) is 2.62. The molecule has 0 saturated carbocycles. The van der Waals surface area contributed by atoms with Gasteiger partial charge >= 0.3 is 5.97 Å². The molecule has 18 heavy (non-hydrogen) atoms. The Morgan fingerprint density at radius 3 is 2.17 bits per heavy atom. The highest BCUT2D eigenvalue weighted by atomic mass is 79.9. The molecule has 108 valence electrons. The Labute approximate surface area is 117 Å². The molecule has 0 fully saturated rings. The lowest BCUT2D eigenvalue weighted by molar-refractivity contribution is -0.145. The van der Waals surface area contributed by atoms with Gasteiger partial charge in [-0.15, -0.1) is 0 Å². The summed E-state index contributed by atoms with van der Waals surface area (Å²) in [4.78, 5) is 11.2. The summed E-state index contributed by atoms with van der Waals surface area (Å²) in [5.74, 6) is -0.157. The van der Waals surface area contributed by atoms with Crippen LogP contribution in [0.2, 0.25) is 0 Å². The van der Waals surface area contributed by atoms with E-state index in [1.54, 1.807) is 7.11 Å². The molecule has 0 heterocycles. The molecular weight excluding hydrogens is 304 g/mol. The molecular formula is C12H23BrO5. The van der Waals surface area contributed by atoms with Gasteiger partial charge in [0.1, 0.15) is 6.61 Å². The van der Waals surface area contributed by atoms with Gasteiger partial charge in [-0.3, -0.25) is 4.79 Å². The molecule has 6 heteroatoms. The van der Waals surface area contributed by atoms with Crippen molar-refractivity contribution in [3.8, 4) is 0 Å². The molecule has 0 amide bonds. The number of carbonyl (C=O) groups is 1. The van der Waals surface area contributed by atoms with Crippen molar-refractivity contribution in [1.29, 1.82) is 0 Å². The third-order valence-electron chi connectivity index (χ3n) is 2.06. The lowest BCUT2D eigenvalue weighted by Gasteiger charge is -2.06. The van der Waals surface area contributed by atoms with Crippen molar-refractivity contribution in [2.75, 3.05) is 52.1 Å². The summed E-state index contributed by atoms with van der Waals surface area (Å²) >= 11 is 3.31. The monoisotopic (exact) mass is 326 g/mol. The maximum Gasteiger partial charge on any atom is 0.305 e. The first-order chi connectivity index (χ1) is 8.81. The Balaban J connectivity index is 3.08. The van der Waals surface area contributed by atoms with Crippen molar-refractivity contribution in [1.82, 2.24) is 0 Å². The molecule has 0 unspecified atom stereocenters. The number of rotatable bonds is 13. The van der Waals surface area contributed by atoms with Crippen molar-refractivity contribution >= 4 is 21.9 Å². The van der Waals surface area contributed by atoms with Crippen LogP contribution in [0.5, 0.6) is 0 Å². The Hall–Kier alpha value is -0.170. The zero-order valence-electron chi connectivity index (χ0n) is 11.0. The number of halogens is 1. The van der Waals surface area contributed by atoms with E-state index in [0.717, 1.165) is 18.2 Å². The molecule has 0 aliphatic carbocycles. The van der Waals surface area contributed by atoms with Crippen LogP contribution in [0.4, 0.5) is 0 Å². The van der Waals surface area contributed by atoms with E-state index < -0.39 is 0 Å². The third kappa shape index (κ3) is 13.9. The molecule has 0 aromatic carbocycles. The van der Waals surface area contributed by atoms with Gasteiger partial charge in [0, 0.05) is 18.9 Å². The lowest BCUT2D eigenvalue weighted by Crippen LogP contribution is -2.13. The molecule has 0 aliphatic rings. The molecule has 0 rings (SSSR count). The topological polar surface area (TPSA) is 54.0 Å². The van der Waals surface area contributed by atoms with Crippen LogP contribution in [0, 0.1) is 0 Å². The van der Waals surface area contributed by atoms with Gasteiger partial charge in [-0.25, -0.2) is 0 Å². The minimum atomic E-state index is -0.157. The zero-order valence-corrected chi connectivity index (χ0v) is 12.6. The van der Waals surface area contributed by atoms with Crippen LogP contribution in [-0.4, -0.2) is 58.1 Å². The van der Waals surface area contributed by atoms with Crippen molar-refractivity contribution < 1.29 is 23.7 Å². The van der Waals surface area contributed by atoms with Crippen molar-refractivity contribution in [2.45, 2.75) is 19.3 Å². The number of esters is 1. The first-order valence-corrected chi connectivity index (χ1v) is 7.29. The summed E-state index contributed by atoms with van der Waals surface area (Å²) in [6.07, 6.45) is 2.33. The molecule has 0 atom stereocenters. The predicted octanol–water partition coefficient (Wildman–Crippen LogP) is 1.77. The molecule has 0 spiro atoms. The highest BCUT2D eigenvalue weighted by Crippen LogP contribution is 2.00. The van der Waals surface area contributed by atoms with Crippen LogP contribution in [0.1, 0.15) is 19.3 Å². The van der Waals surface area contributed by atoms with Gasteiger partial charge in [-0.05, 0) is 12.8 Å². The summed E-state index contributed by atoms with van der Waals surface area (Å²) in [6.45, 7) is 2.92. The standard InChI is InChI=1S/C12H23BrO5/c1-15-6-7-16-8-9-17-10-11-18-12(14)4-2-3-5-13/h2-11H2,1H3. The normalized spacial score (nSPS) is 10.6. The van der Waals surface area contributed by atoms with Crippen LogP contribution < -0.4 is 0 Å². The Kier molecular flexibility index (Phi) is 14.7. The number of hydrogen-bond donors (Lipinski definition) is 0. The van der Waals surface area contributed by atoms with Crippen molar-refractivity contribution in [3.05, 3.63) is 0 Å². The zero-order chi connectivity index (χ0) is 13.5. The van der Waals surface area contributed by atoms with E-state index in [4.69, 9.17) is 18.9 Å². The smallest absolute Gasteiger partial charge is 0.305 e. The summed E-state index contributed by atoms with van der Waals surface area (Å²) < 4.78 is 20.3. The van der Waals surface area contributed by atoms with Crippen LogP contribution in [-0.2, 0) is 23.7 Å². The molecule has 0 aliphatic heterocycles. The minimum absolute atomic E-state index is 0.157. The van der Waals surface area contributed by atoms with Crippen molar-refractivity contribution in [3.63, 3.8) is 0 Å². The fourth-order valence-electron chi connectivity index (χ4n) is 1.11. The highest BCUT2D eigenvalue weighted by Gasteiger charge is 2.01. The molecule has 0 N–H and O–H groups in total. The maximum atomic E-state index is 11.2. The SMILES string of the molecule is COCCOCCOCCOC(=O)CCCCBr. The predicted molar refractivity (Wildman–Crippen MR) is 72.1 cm³/mol. The van der Waals surface area contributed by atoms with Crippen LogP contribution in [0.15, 0.2) is 0 Å². The second-order valence-electron chi connectivity index (χ2n) is 3.58. The van der Waals surface area contributed by atoms with Gasteiger partial charge in [-0.1, -0.05) is 15.9 Å². The van der Waals surface area contributed by atoms with Crippen LogP contribution in [0.3, 0.4) is 0 Å². The van der Waals surface area contributed by atoms with Gasteiger partial charge < -0.3 is 18.9 Å².